The molecule has 1 heterocycles. The van der Waals surface area contributed by atoms with Gasteiger partial charge in [-0.2, -0.15) is 0 Å². The first-order valence-corrected chi connectivity index (χ1v) is 6.22. The third-order valence-corrected chi connectivity index (χ3v) is 2.98. The number of hydrogen-bond donors (Lipinski definition) is 1. The van der Waals surface area contributed by atoms with Crippen LogP contribution in [-0.4, -0.2) is 4.92 Å². The standard InChI is InChI=1S/C12H10BrFN2O3/c1-7(11-4-5-12(13)19-11)15-10-6-8(16(17)18)2-3-9(10)14/h2-7,15H,1H3. The fraction of sp³-hybridized carbons (Fsp3) is 0.167. The van der Waals surface area contributed by atoms with Gasteiger partial charge in [-0.15, -0.1) is 0 Å². The van der Waals surface area contributed by atoms with Crippen molar-refractivity contribution in [2.45, 2.75) is 13.0 Å². The summed E-state index contributed by atoms with van der Waals surface area (Å²) in [4.78, 5) is 10.1. The molecule has 7 heteroatoms. The lowest BCUT2D eigenvalue weighted by Gasteiger charge is -2.13. The summed E-state index contributed by atoms with van der Waals surface area (Å²) < 4.78 is 19.5. The monoisotopic (exact) mass is 328 g/mol. The molecule has 1 N–H and O–H groups in total. The van der Waals surface area contributed by atoms with Gasteiger partial charge >= 0.3 is 0 Å². The average molecular weight is 329 g/mol. The Hall–Kier alpha value is -1.89. The molecule has 0 radical (unpaired) electrons. The molecule has 0 spiro atoms. The van der Waals surface area contributed by atoms with Gasteiger partial charge in [0.05, 0.1) is 16.7 Å². The summed E-state index contributed by atoms with van der Waals surface area (Å²) >= 11 is 3.17. The molecule has 0 saturated carbocycles. The molecule has 1 atom stereocenters. The molecule has 1 unspecified atom stereocenters. The number of nitro groups is 1. The molecule has 0 aliphatic carbocycles. The van der Waals surface area contributed by atoms with Crippen molar-refractivity contribution in [3.63, 3.8) is 0 Å². The van der Waals surface area contributed by atoms with Crippen molar-refractivity contribution in [2.75, 3.05) is 5.32 Å². The van der Waals surface area contributed by atoms with Crippen LogP contribution < -0.4 is 5.32 Å². The highest BCUT2D eigenvalue weighted by molar-refractivity contribution is 9.10. The zero-order chi connectivity index (χ0) is 14.0. The van der Waals surface area contributed by atoms with Gasteiger partial charge in [-0.05, 0) is 41.1 Å². The van der Waals surface area contributed by atoms with Crippen LogP contribution in [0.5, 0.6) is 0 Å². The number of nitro benzene ring substituents is 1. The number of anilines is 1. The predicted octanol–water partition coefficient (Wildman–Crippen LogP) is 4.26. The number of furan rings is 1. The van der Waals surface area contributed by atoms with E-state index >= 15 is 0 Å². The van der Waals surface area contributed by atoms with E-state index in [4.69, 9.17) is 4.42 Å². The molecule has 2 aromatic rings. The second-order valence-electron chi connectivity index (χ2n) is 3.93. The highest BCUT2D eigenvalue weighted by atomic mass is 79.9. The molecular weight excluding hydrogens is 319 g/mol. The van der Waals surface area contributed by atoms with E-state index in [0.717, 1.165) is 18.2 Å². The van der Waals surface area contributed by atoms with Crippen molar-refractivity contribution < 1.29 is 13.7 Å². The Labute approximate surface area is 116 Å². The van der Waals surface area contributed by atoms with Crippen molar-refractivity contribution in [1.82, 2.24) is 0 Å². The third-order valence-electron chi connectivity index (χ3n) is 2.55. The Bertz CT molecular complexity index is 615. The van der Waals surface area contributed by atoms with Crippen LogP contribution in [0.3, 0.4) is 0 Å². The van der Waals surface area contributed by atoms with Crippen molar-refractivity contribution >= 4 is 27.3 Å². The molecule has 0 aliphatic heterocycles. The van der Waals surface area contributed by atoms with Gasteiger partial charge in [0, 0.05) is 12.1 Å². The van der Waals surface area contributed by atoms with Crippen LogP contribution in [0, 0.1) is 15.9 Å². The molecule has 0 fully saturated rings. The first-order chi connectivity index (χ1) is 8.97. The van der Waals surface area contributed by atoms with Crippen LogP contribution in [-0.2, 0) is 0 Å². The van der Waals surface area contributed by atoms with Crippen LogP contribution in [0.1, 0.15) is 18.7 Å². The Balaban J connectivity index is 2.22. The molecule has 1 aromatic carbocycles. The van der Waals surface area contributed by atoms with Crippen LogP contribution in [0.2, 0.25) is 0 Å². The van der Waals surface area contributed by atoms with E-state index in [2.05, 4.69) is 21.2 Å². The van der Waals surface area contributed by atoms with Crippen molar-refractivity contribution in [3.8, 4) is 0 Å². The molecule has 1 aromatic heterocycles. The molecule has 0 amide bonds. The minimum atomic E-state index is -0.571. The minimum Gasteiger partial charge on any atom is -0.452 e. The number of nitrogens with zero attached hydrogens (tertiary/aromatic N) is 1. The fourth-order valence-corrected chi connectivity index (χ4v) is 1.92. The molecule has 0 bridgehead atoms. The topological polar surface area (TPSA) is 68.3 Å². The normalized spacial score (nSPS) is 12.2. The molecule has 5 nitrogen and oxygen atoms in total. The lowest BCUT2D eigenvalue weighted by molar-refractivity contribution is -0.384. The summed E-state index contributed by atoms with van der Waals surface area (Å²) in [7, 11) is 0. The van der Waals surface area contributed by atoms with Gasteiger partial charge in [0.25, 0.3) is 5.69 Å². The second kappa shape index (κ2) is 5.40. The molecule has 2 rings (SSSR count). The van der Waals surface area contributed by atoms with Crippen LogP contribution in [0.15, 0.2) is 39.4 Å². The second-order valence-corrected chi connectivity index (χ2v) is 4.71. The zero-order valence-corrected chi connectivity index (χ0v) is 11.5. The van der Waals surface area contributed by atoms with E-state index in [-0.39, 0.29) is 17.4 Å². The minimum absolute atomic E-state index is 0.0641. The lowest BCUT2D eigenvalue weighted by Crippen LogP contribution is -2.07. The summed E-state index contributed by atoms with van der Waals surface area (Å²) in [6.07, 6.45) is 0. The number of rotatable bonds is 4. The Morgan fingerprint density at radius 1 is 1.42 bits per heavy atom. The summed E-state index contributed by atoms with van der Waals surface area (Å²) in [5.74, 6) is 0.0425. The van der Waals surface area contributed by atoms with Gasteiger partial charge in [-0.25, -0.2) is 4.39 Å². The number of non-ortho nitro benzene ring substituents is 1. The molecule has 0 aliphatic rings. The Kier molecular flexibility index (Phi) is 3.84. The predicted molar refractivity (Wildman–Crippen MR) is 71.5 cm³/mol. The highest BCUT2D eigenvalue weighted by Gasteiger charge is 2.15. The SMILES string of the molecule is CC(Nc1cc([N+](=O)[O-])ccc1F)c1ccc(Br)o1. The lowest BCUT2D eigenvalue weighted by atomic mass is 10.2. The first-order valence-electron chi connectivity index (χ1n) is 5.43. The first kappa shape index (κ1) is 13.5. The summed E-state index contributed by atoms with van der Waals surface area (Å²) in [5.41, 5.74) is -0.106. The van der Waals surface area contributed by atoms with E-state index in [1.807, 2.05) is 0 Å². The molecule has 0 saturated heterocycles. The number of halogens is 2. The van der Waals surface area contributed by atoms with Crippen LogP contribution in [0.25, 0.3) is 0 Å². The van der Waals surface area contributed by atoms with Gasteiger partial charge < -0.3 is 9.73 Å². The Morgan fingerprint density at radius 2 is 2.16 bits per heavy atom. The number of nitrogens with one attached hydrogen (secondary N) is 1. The quantitative estimate of drug-likeness (QED) is 0.672. The summed E-state index contributed by atoms with van der Waals surface area (Å²) in [5, 5.41) is 13.5. The van der Waals surface area contributed by atoms with E-state index < -0.39 is 10.7 Å². The fourth-order valence-electron chi connectivity index (χ4n) is 1.60. The molecular formula is C12H10BrFN2O3. The van der Waals surface area contributed by atoms with Gasteiger partial charge in [-0.3, -0.25) is 10.1 Å². The van der Waals surface area contributed by atoms with Crippen molar-refractivity contribution in [2.24, 2.45) is 0 Å². The van der Waals surface area contributed by atoms with E-state index in [9.17, 15) is 14.5 Å². The number of hydrogen-bond acceptors (Lipinski definition) is 4. The van der Waals surface area contributed by atoms with Crippen molar-refractivity contribution in [3.05, 3.63) is 56.7 Å². The van der Waals surface area contributed by atoms with E-state index in [0.29, 0.717) is 10.4 Å². The smallest absolute Gasteiger partial charge is 0.271 e. The molecule has 100 valence electrons. The van der Waals surface area contributed by atoms with Gasteiger partial charge in [-0.1, -0.05) is 0 Å². The van der Waals surface area contributed by atoms with Crippen LogP contribution >= 0.6 is 15.9 Å². The van der Waals surface area contributed by atoms with Gasteiger partial charge in [0.1, 0.15) is 11.6 Å². The van der Waals surface area contributed by atoms with E-state index in [1.165, 1.54) is 0 Å². The summed E-state index contributed by atoms with van der Waals surface area (Å²) in [6.45, 7) is 1.77. The van der Waals surface area contributed by atoms with Gasteiger partial charge in [0.15, 0.2) is 4.67 Å². The largest absolute Gasteiger partial charge is 0.452 e. The Morgan fingerprint density at radius 3 is 2.74 bits per heavy atom. The van der Waals surface area contributed by atoms with E-state index in [1.54, 1.807) is 19.1 Å². The highest BCUT2D eigenvalue weighted by Crippen LogP contribution is 2.27. The zero-order valence-electron chi connectivity index (χ0n) is 9.89. The van der Waals surface area contributed by atoms with Crippen LogP contribution in [0.4, 0.5) is 15.8 Å². The average Bonchev–Trinajstić information content (AvgIpc) is 2.78. The number of benzene rings is 1. The maximum absolute atomic E-state index is 13.6. The van der Waals surface area contributed by atoms with Crippen molar-refractivity contribution in [1.29, 1.82) is 0 Å². The summed E-state index contributed by atoms with van der Waals surface area (Å²) in [6, 6.07) is 6.47. The maximum Gasteiger partial charge on any atom is 0.271 e. The third kappa shape index (κ3) is 3.11. The maximum atomic E-state index is 13.6. The molecule has 19 heavy (non-hydrogen) atoms. The van der Waals surface area contributed by atoms with Gasteiger partial charge in [0.2, 0.25) is 0 Å².